The highest BCUT2D eigenvalue weighted by molar-refractivity contribution is 6.19. The highest BCUT2D eigenvalue weighted by Crippen LogP contribution is 2.36. The minimum Gasteiger partial charge on any atom is -0.461 e. The molecular formula is C32H37N5O5. The molecule has 10 heteroatoms. The van der Waals surface area contributed by atoms with Gasteiger partial charge in [0.05, 0.1) is 29.1 Å². The molecule has 42 heavy (non-hydrogen) atoms. The van der Waals surface area contributed by atoms with Gasteiger partial charge in [-0.05, 0) is 69.2 Å². The molecule has 0 fully saturated rings. The number of benzene rings is 1. The second kappa shape index (κ2) is 11.9. The van der Waals surface area contributed by atoms with Gasteiger partial charge in [-0.2, -0.15) is 0 Å². The summed E-state index contributed by atoms with van der Waals surface area (Å²) in [6.07, 6.45) is 3.52. The number of ether oxygens (including phenoxy) is 1. The first kappa shape index (κ1) is 29.2. The van der Waals surface area contributed by atoms with Crippen molar-refractivity contribution >= 4 is 34.2 Å². The van der Waals surface area contributed by atoms with Gasteiger partial charge in [0.25, 0.3) is 5.56 Å². The third-order valence-electron chi connectivity index (χ3n) is 7.77. The number of nitrogens with zero attached hydrogens (tertiary/aromatic N) is 4. The van der Waals surface area contributed by atoms with E-state index in [9.17, 15) is 14.4 Å². The van der Waals surface area contributed by atoms with Crippen LogP contribution in [0.2, 0.25) is 0 Å². The van der Waals surface area contributed by atoms with E-state index in [1.54, 1.807) is 48.9 Å². The van der Waals surface area contributed by atoms with Crippen LogP contribution in [0.15, 0.2) is 64.1 Å². The fraction of sp³-hybridized carbons (Fsp3) is 0.375. The van der Waals surface area contributed by atoms with Crippen LogP contribution in [0, 0.1) is 12.3 Å². The summed E-state index contributed by atoms with van der Waals surface area (Å²) >= 11 is 0. The van der Waals surface area contributed by atoms with Gasteiger partial charge in [0.15, 0.2) is 0 Å². The Morgan fingerprint density at radius 2 is 1.90 bits per heavy atom. The number of aromatic nitrogens is 2. The molecule has 0 saturated heterocycles. The summed E-state index contributed by atoms with van der Waals surface area (Å²) in [6.45, 7) is 10.0. The molecule has 5 rings (SSSR count). The topological polar surface area (TPSA) is 110 Å². The van der Waals surface area contributed by atoms with Gasteiger partial charge < -0.3 is 23.9 Å². The van der Waals surface area contributed by atoms with E-state index in [1.807, 2.05) is 50.2 Å². The van der Waals surface area contributed by atoms with E-state index in [1.165, 1.54) is 0 Å². The van der Waals surface area contributed by atoms with Crippen molar-refractivity contribution in [3.8, 4) is 0 Å². The third kappa shape index (κ3) is 5.73. The molecule has 0 spiro atoms. The number of anilines is 2. The first-order valence-electron chi connectivity index (χ1n) is 14.1. The molecule has 4 heterocycles. The smallest absolute Gasteiger partial charge is 0.261 e. The number of nitrogens with one attached hydrogen (secondary N) is 1. The Balaban J connectivity index is 1.45. The van der Waals surface area contributed by atoms with Gasteiger partial charge in [-0.15, -0.1) is 0 Å². The summed E-state index contributed by atoms with van der Waals surface area (Å²) in [6, 6.07) is 13.3. The third-order valence-corrected chi connectivity index (χ3v) is 7.77. The van der Waals surface area contributed by atoms with Crippen LogP contribution >= 0.6 is 0 Å². The van der Waals surface area contributed by atoms with Crippen LogP contribution < -0.4 is 15.8 Å². The summed E-state index contributed by atoms with van der Waals surface area (Å²) in [5.41, 5.74) is 3.44. The maximum atomic E-state index is 13.2. The quantitative estimate of drug-likeness (QED) is 0.280. The number of hydrogen-bond acceptors (Lipinski definition) is 7. The Morgan fingerprint density at radius 3 is 2.67 bits per heavy atom. The van der Waals surface area contributed by atoms with Crippen molar-refractivity contribution in [1.29, 1.82) is 0 Å². The van der Waals surface area contributed by atoms with E-state index in [-0.39, 0.29) is 17.4 Å². The fourth-order valence-corrected chi connectivity index (χ4v) is 5.38. The van der Waals surface area contributed by atoms with Gasteiger partial charge in [0.2, 0.25) is 11.8 Å². The zero-order chi connectivity index (χ0) is 30.0. The van der Waals surface area contributed by atoms with Gasteiger partial charge >= 0.3 is 0 Å². The van der Waals surface area contributed by atoms with Gasteiger partial charge in [-0.25, -0.2) is 0 Å². The zero-order valence-electron chi connectivity index (χ0n) is 24.8. The van der Waals surface area contributed by atoms with E-state index in [0.29, 0.717) is 67.4 Å². The first-order chi connectivity index (χ1) is 20.1. The number of hydrogen-bond donors (Lipinski definition) is 1. The number of carbonyl (C=O) groups is 2. The van der Waals surface area contributed by atoms with E-state index in [4.69, 9.17) is 9.15 Å². The Morgan fingerprint density at radius 1 is 1.10 bits per heavy atom. The van der Waals surface area contributed by atoms with Crippen molar-refractivity contribution in [1.82, 2.24) is 14.5 Å². The number of pyridine rings is 2. The van der Waals surface area contributed by atoms with E-state index in [2.05, 4.69) is 15.2 Å². The molecule has 0 aliphatic carbocycles. The van der Waals surface area contributed by atoms with Crippen molar-refractivity contribution in [3.63, 3.8) is 0 Å². The van der Waals surface area contributed by atoms with E-state index >= 15 is 0 Å². The first-order valence-corrected chi connectivity index (χ1v) is 14.1. The molecule has 0 unspecified atom stereocenters. The average Bonchev–Trinajstić information content (AvgIpc) is 3.33. The van der Waals surface area contributed by atoms with Gasteiger partial charge in [0, 0.05) is 52.2 Å². The summed E-state index contributed by atoms with van der Waals surface area (Å²) in [5, 5.41) is 3.55. The van der Waals surface area contributed by atoms with E-state index in [0.717, 1.165) is 16.8 Å². The maximum absolute atomic E-state index is 13.2. The van der Waals surface area contributed by atoms with Crippen LogP contribution in [0.4, 0.5) is 11.4 Å². The lowest BCUT2D eigenvalue weighted by molar-refractivity contribution is -0.136. The van der Waals surface area contributed by atoms with Crippen molar-refractivity contribution in [2.75, 3.05) is 30.4 Å². The molecule has 1 aromatic carbocycles. The summed E-state index contributed by atoms with van der Waals surface area (Å²) in [4.78, 5) is 47.7. The Kier molecular flexibility index (Phi) is 8.29. The predicted octanol–water partition coefficient (Wildman–Crippen LogP) is 4.48. The Bertz CT molecular complexity index is 1690. The van der Waals surface area contributed by atoms with Crippen molar-refractivity contribution in [2.45, 2.75) is 53.9 Å². The van der Waals surface area contributed by atoms with Gasteiger partial charge in [-0.1, -0.05) is 12.1 Å². The number of rotatable bonds is 10. The fourth-order valence-electron chi connectivity index (χ4n) is 5.38. The molecule has 0 atom stereocenters. The molecule has 1 aliphatic rings. The summed E-state index contributed by atoms with van der Waals surface area (Å²) in [7, 11) is 1.64. The zero-order valence-corrected chi connectivity index (χ0v) is 24.8. The van der Waals surface area contributed by atoms with Gasteiger partial charge in [0.1, 0.15) is 16.8 Å². The molecule has 0 radical (unpaired) electrons. The highest BCUT2D eigenvalue weighted by Gasteiger charge is 2.42. The molecular weight excluding hydrogens is 534 g/mol. The van der Waals surface area contributed by atoms with Crippen LogP contribution in [0.3, 0.4) is 0 Å². The lowest BCUT2D eigenvalue weighted by Crippen LogP contribution is -2.45. The number of aryl methyl sites for hydroxylation is 1. The van der Waals surface area contributed by atoms with Crippen LogP contribution in [0.25, 0.3) is 11.0 Å². The van der Waals surface area contributed by atoms with Crippen LogP contribution in [0.1, 0.15) is 43.4 Å². The molecule has 4 aromatic rings. The van der Waals surface area contributed by atoms with Crippen LogP contribution in [-0.4, -0.2) is 46.5 Å². The molecule has 1 N–H and O–H groups in total. The number of methoxy groups -OCH3 is 1. The normalized spacial score (nSPS) is 14.8. The maximum Gasteiger partial charge on any atom is 0.261 e. The second-order valence-electron chi connectivity index (χ2n) is 11.2. The standard InChI is InChI=1S/C32H37N5O5/c1-6-37-27-10-9-22(17-25(27)34-30(39)32(3,4)31(37)40)18-35(19-23-8-7-12-33-26(23)20-41-5)14-15-36-13-11-28-24(29(36)38)16-21(2)42-28/h7-13,16-17H,6,14-15,18-20H2,1-5H3,(H,34,39). The number of amides is 2. The summed E-state index contributed by atoms with van der Waals surface area (Å²) in [5.74, 6) is 0.140. The molecule has 0 bridgehead atoms. The monoisotopic (exact) mass is 571 g/mol. The van der Waals surface area contributed by atoms with Crippen molar-refractivity contribution < 1.29 is 18.7 Å². The average molecular weight is 572 g/mol. The predicted molar refractivity (Wildman–Crippen MR) is 161 cm³/mol. The second-order valence-corrected chi connectivity index (χ2v) is 11.2. The summed E-state index contributed by atoms with van der Waals surface area (Å²) < 4.78 is 12.7. The minimum absolute atomic E-state index is 0.0922. The molecule has 0 saturated carbocycles. The van der Waals surface area contributed by atoms with Crippen molar-refractivity contribution in [2.24, 2.45) is 5.41 Å². The molecule has 10 nitrogen and oxygen atoms in total. The van der Waals surface area contributed by atoms with Crippen molar-refractivity contribution in [3.05, 3.63) is 87.8 Å². The highest BCUT2D eigenvalue weighted by atomic mass is 16.5. The molecule has 2 amide bonds. The van der Waals surface area contributed by atoms with Gasteiger partial charge in [-0.3, -0.25) is 24.3 Å². The number of furan rings is 1. The Labute approximate surface area is 244 Å². The molecule has 220 valence electrons. The minimum atomic E-state index is -1.18. The SMILES string of the molecule is CCN1C(=O)C(C)(C)C(=O)Nc2cc(CN(CCn3ccc4oc(C)cc4c3=O)Cc3cccnc3COC)ccc21. The van der Waals surface area contributed by atoms with E-state index < -0.39 is 5.41 Å². The number of fused-ring (bicyclic) bond motifs is 2. The Hall–Kier alpha value is -4.28. The molecule has 1 aliphatic heterocycles. The lowest BCUT2D eigenvalue weighted by Gasteiger charge is -2.27. The van der Waals surface area contributed by atoms with Crippen LogP contribution in [-0.2, 0) is 40.6 Å². The lowest BCUT2D eigenvalue weighted by atomic mass is 9.91. The molecule has 3 aromatic heterocycles. The number of carbonyl (C=O) groups excluding carboxylic acids is 2. The largest absolute Gasteiger partial charge is 0.461 e. The van der Waals surface area contributed by atoms with Crippen LogP contribution in [0.5, 0.6) is 0 Å².